The number of rotatable bonds is 4. The molecule has 2 amide bonds. The highest BCUT2D eigenvalue weighted by Crippen LogP contribution is 2.18. The molecule has 5 aromatic rings. The zero-order valence-electron chi connectivity index (χ0n) is 17.8. The fraction of sp³-hybridized carbons (Fsp3) is 0.0385. The molecule has 0 unspecified atom stereocenters. The molecule has 0 atom stereocenters. The summed E-state index contributed by atoms with van der Waals surface area (Å²) in [4.78, 5) is 34.2. The van der Waals surface area contributed by atoms with Gasteiger partial charge in [0.2, 0.25) is 5.52 Å². The number of nitrogens with zero attached hydrogens (tertiary/aromatic N) is 3. The summed E-state index contributed by atoms with van der Waals surface area (Å²) in [7, 11) is 1.92. The van der Waals surface area contributed by atoms with E-state index in [1.807, 2.05) is 78.5 Å². The molecule has 0 fully saturated rings. The Balaban J connectivity index is 1.34. The lowest BCUT2D eigenvalue weighted by Crippen LogP contribution is -2.29. The van der Waals surface area contributed by atoms with Crippen LogP contribution in [0.3, 0.4) is 0 Å². The van der Waals surface area contributed by atoms with Crippen LogP contribution in [0.2, 0.25) is 0 Å². The minimum absolute atomic E-state index is 0.139. The van der Waals surface area contributed by atoms with E-state index in [-0.39, 0.29) is 11.4 Å². The molecule has 7 heteroatoms. The van der Waals surface area contributed by atoms with Gasteiger partial charge in [-0.3, -0.25) is 14.6 Å². The molecule has 3 aromatic heterocycles. The maximum Gasteiger partial charge on any atom is 0.274 e. The van der Waals surface area contributed by atoms with Crippen molar-refractivity contribution in [1.29, 1.82) is 0 Å². The Labute approximate surface area is 189 Å². The summed E-state index contributed by atoms with van der Waals surface area (Å²) in [6, 6.07) is 24.1. The molecule has 0 bridgehead atoms. The van der Waals surface area contributed by atoms with E-state index in [0.29, 0.717) is 11.4 Å². The van der Waals surface area contributed by atoms with Gasteiger partial charge in [0.15, 0.2) is 6.20 Å². The Kier molecular flexibility index (Phi) is 5.20. The molecule has 0 spiro atoms. The molecule has 0 saturated heterocycles. The number of hydrogen-bond donors (Lipinski definition) is 2. The van der Waals surface area contributed by atoms with Crippen molar-refractivity contribution in [3.63, 3.8) is 0 Å². The fourth-order valence-electron chi connectivity index (χ4n) is 3.70. The third-order valence-electron chi connectivity index (χ3n) is 5.28. The van der Waals surface area contributed by atoms with Gasteiger partial charge >= 0.3 is 0 Å². The zero-order chi connectivity index (χ0) is 22.8. The summed E-state index contributed by atoms with van der Waals surface area (Å²) in [6.07, 6.45) is 3.43. The van der Waals surface area contributed by atoms with Gasteiger partial charge < -0.3 is 10.6 Å². The van der Waals surface area contributed by atoms with Gasteiger partial charge in [-0.25, -0.2) is 4.98 Å². The number of amides is 2. The Morgan fingerprint density at radius 3 is 2.18 bits per heavy atom. The van der Waals surface area contributed by atoms with Gasteiger partial charge in [-0.2, -0.15) is 4.57 Å². The number of aryl methyl sites for hydroxylation is 1. The number of carbonyl (C=O) groups is 2. The van der Waals surface area contributed by atoms with E-state index in [0.717, 1.165) is 21.8 Å². The van der Waals surface area contributed by atoms with E-state index >= 15 is 0 Å². The van der Waals surface area contributed by atoms with Crippen molar-refractivity contribution in [1.82, 2.24) is 9.97 Å². The number of para-hydroxylation sites is 2. The standard InChI is InChI=1S/C26H19N5O2/c1-31-16-20(14-18-8-3-5-12-24(18)31)29-26(33)23-11-6-10-22(30-23)25(32)28-19-13-17-7-2-4-9-21(17)27-15-19/h2-16H,1H3,(H-,28,29,32,33)/p+1. The second-order valence-electron chi connectivity index (χ2n) is 7.63. The van der Waals surface area contributed by atoms with Gasteiger partial charge in [-0.05, 0) is 36.4 Å². The van der Waals surface area contributed by atoms with Gasteiger partial charge in [0.25, 0.3) is 11.8 Å². The lowest BCUT2D eigenvalue weighted by atomic mass is 10.2. The lowest BCUT2D eigenvalue weighted by molar-refractivity contribution is -0.644. The minimum Gasteiger partial charge on any atom is -0.319 e. The fourth-order valence-corrected chi connectivity index (χ4v) is 3.70. The number of anilines is 2. The van der Waals surface area contributed by atoms with Crippen molar-refractivity contribution in [3.8, 4) is 0 Å². The molecule has 33 heavy (non-hydrogen) atoms. The van der Waals surface area contributed by atoms with Crippen LogP contribution in [0, 0.1) is 0 Å². The van der Waals surface area contributed by atoms with Crippen LogP contribution in [0.1, 0.15) is 21.0 Å². The largest absolute Gasteiger partial charge is 0.319 e. The van der Waals surface area contributed by atoms with Crippen LogP contribution in [0.15, 0.2) is 91.3 Å². The summed E-state index contributed by atoms with van der Waals surface area (Å²) in [5.74, 6) is -0.814. The summed E-state index contributed by atoms with van der Waals surface area (Å²) in [6.45, 7) is 0. The average Bonchev–Trinajstić information content (AvgIpc) is 2.84. The minimum atomic E-state index is -0.418. The Hall–Kier alpha value is -4.65. The van der Waals surface area contributed by atoms with Crippen LogP contribution in [-0.4, -0.2) is 21.8 Å². The van der Waals surface area contributed by atoms with Crippen LogP contribution in [-0.2, 0) is 7.05 Å². The number of nitrogens with one attached hydrogen (secondary N) is 2. The van der Waals surface area contributed by atoms with Gasteiger partial charge in [-0.15, -0.1) is 0 Å². The second-order valence-corrected chi connectivity index (χ2v) is 7.63. The number of aromatic nitrogens is 3. The van der Waals surface area contributed by atoms with Gasteiger partial charge in [0.05, 0.1) is 17.4 Å². The summed E-state index contributed by atoms with van der Waals surface area (Å²) in [5, 5.41) is 7.58. The first-order valence-corrected chi connectivity index (χ1v) is 10.4. The molecular weight excluding hydrogens is 414 g/mol. The van der Waals surface area contributed by atoms with E-state index in [1.165, 1.54) is 0 Å². The van der Waals surface area contributed by atoms with Gasteiger partial charge in [0, 0.05) is 16.8 Å². The quantitative estimate of drug-likeness (QED) is 0.417. The Bertz CT molecular complexity index is 1530. The van der Waals surface area contributed by atoms with Crippen molar-refractivity contribution in [2.24, 2.45) is 7.05 Å². The highest BCUT2D eigenvalue weighted by atomic mass is 16.2. The SMILES string of the molecule is C[n+]1cc(NC(=O)c2cccc(C(=O)Nc3cnc4ccccc4c3)n2)cc2ccccc21. The first-order chi connectivity index (χ1) is 16.1. The third kappa shape index (κ3) is 4.24. The highest BCUT2D eigenvalue weighted by molar-refractivity contribution is 6.06. The molecule has 2 aromatic carbocycles. The highest BCUT2D eigenvalue weighted by Gasteiger charge is 2.15. The molecule has 7 nitrogen and oxygen atoms in total. The van der Waals surface area contributed by atoms with Crippen LogP contribution >= 0.6 is 0 Å². The van der Waals surface area contributed by atoms with Crippen LogP contribution in [0.25, 0.3) is 21.8 Å². The van der Waals surface area contributed by atoms with E-state index in [4.69, 9.17) is 0 Å². The van der Waals surface area contributed by atoms with E-state index in [9.17, 15) is 9.59 Å². The number of pyridine rings is 3. The normalized spacial score (nSPS) is 10.8. The molecule has 2 N–H and O–H groups in total. The molecule has 0 aliphatic carbocycles. The number of fused-ring (bicyclic) bond motifs is 2. The molecule has 0 radical (unpaired) electrons. The maximum absolute atomic E-state index is 12.8. The number of benzene rings is 2. The zero-order valence-corrected chi connectivity index (χ0v) is 17.8. The summed E-state index contributed by atoms with van der Waals surface area (Å²) >= 11 is 0. The van der Waals surface area contributed by atoms with E-state index in [2.05, 4.69) is 20.6 Å². The van der Waals surface area contributed by atoms with Crippen molar-refractivity contribution in [2.45, 2.75) is 0 Å². The summed E-state index contributed by atoms with van der Waals surface area (Å²) in [5.41, 5.74) is 3.37. The lowest BCUT2D eigenvalue weighted by Gasteiger charge is -2.08. The van der Waals surface area contributed by atoms with E-state index < -0.39 is 11.8 Å². The molecular formula is C26H20N5O2+. The van der Waals surface area contributed by atoms with Crippen molar-refractivity contribution < 1.29 is 14.2 Å². The molecule has 0 aliphatic rings. The first-order valence-electron chi connectivity index (χ1n) is 10.4. The summed E-state index contributed by atoms with van der Waals surface area (Å²) < 4.78 is 1.94. The number of hydrogen-bond acceptors (Lipinski definition) is 4. The Morgan fingerprint density at radius 2 is 1.39 bits per heavy atom. The number of carbonyl (C=O) groups excluding carboxylic acids is 2. The van der Waals surface area contributed by atoms with Crippen LogP contribution < -0.4 is 15.2 Å². The molecule has 160 valence electrons. The van der Waals surface area contributed by atoms with Crippen molar-refractivity contribution in [2.75, 3.05) is 10.6 Å². The first kappa shape index (κ1) is 20.3. The molecule has 3 heterocycles. The van der Waals surface area contributed by atoms with Crippen molar-refractivity contribution in [3.05, 3.63) is 103 Å². The average molecular weight is 434 g/mol. The molecule has 0 saturated carbocycles. The molecule has 5 rings (SSSR count). The van der Waals surface area contributed by atoms with Gasteiger partial charge in [-0.1, -0.05) is 36.4 Å². The second kappa shape index (κ2) is 8.47. The van der Waals surface area contributed by atoms with E-state index in [1.54, 1.807) is 24.4 Å². The monoisotopic (exact) mass is 434 g/mol. The predicted molar refractivity (Wildman–Crippen MR) is 127 cm³/mol. The topological polar surface area (TPSA) is 87.9 Å². The maximum atomic E-state index is 12.8. The van der Waals surface area contributed by atoms with Gasteiger partial charge in [0.1, 0.15) is 24.1 Å². The smallest absolute Gasteiger partial charge is 0.274 e. The van der Waals surface area contributed by atoms with Crippen molar-refractivity contribution >= 4 is 45.0 Å². The molecule has 0 aliphatic heterocycles. The van der Waals surface area contributed by atoms with Crippen LogP contribution in [0.4, 0.5) is 11.4 Å². The third-order valence-corrected chi connectivity index (χ3v) is 5.28. The predicted octanol–water partition coefficient (Wildman–Crippen LogP) is 4.11. The Morgan fingerprint density at radius 1 is 0.758 bits per heavy atom. The van der Waals surface area contributed by atoms with Crippen LogP contribution in [0.5, 0.6) is 0 Å².